The Morgan fingerprint density at radius 1 is 1.17 bits per heavy atom. The number of carbonyl (C=O) groups is 1. The van der Waals surface area contributed by atoms with Gasteiger partial charge in [-0.05, 0) is 36.2 Å². The molecule has 2 N–H and O–H groups in total. The Bertz CT molecular complexity index is 982. The van der Waals surface area contributed by atoms with E-state index in [4.69, 9.17) is 10.8 Å². The van der Waals surface area contributed by atoms with Gasteiger partial charge >= 0.3 is 0 Å². The highest BCUT2D eigenvalue weighted by Crippen LogP contribution is 2.45. The summed E-state index contributed by atoms with van der Waals surface area (Å²) in [5.74, 6) is 1.24. The lowest BCUT2D eigenvalue weighted by Gasteiger charge is -2.20. The average molecular weight is 408 g/mol. The molecule has 0 spiro atoms. The van der Waals surface area contributed by atoms with Crippen molar-refractivity contribution in [2.75, 3.05) is 23.7 Å². The fourth-order valence-electron chi connectivity index (χ4n) is 5.26. The third-order valence-electron chi connectivity index (χ3n) is 6.70. The molecule has 1 unspecified atom stereocenters. The van der Waals surface area contributed by atoms with Crippen LogP contribution in [0.25, 0.3) is 0 Å². The molecule has 1 aromatic heterocycles. The van der Waals surface area contributed by atoms with Gasteiger partial charge < -0.3 is 10.6 Å². The Morgan fingerprint density at radius 2 is 1.87 bits per heavy atom. The fraction of sp³-hybridized carbons (Fsp3) is 0.455. The van der Waals surface area contributed by atoms with Gasteiger partial charge in [0.15, 0.2) is 11.6 Å². The predicted octanol–water partition coefficient (Wildman–Crippen LogP) is 3.01. The number of anilines is 2. The second-order valence-corrected chi connectivity index (χ2v) is 8.58. The molecule has 156 valence electrons. The number of nitrogen functional groups attached to an aromatic ring is 1. The molecular formula is C22H25FN6O. The summed E-state index contributed by atoms with van der Waals surface area (Å²) in [6, 6.07) is 10.1. The molecule has 4 atom stereocenters. The molecule has 1 saturated carbocycles. The Labute approximate surface area is 174 Å². The van der Waals surface area contributed by atoms with Crippen LogP contribution in [0.2, 0.25) is 0 Å². The van der Waals surface area contributed by atoms with Gasteiger partial charge in [-0.15, -0.1) is 0 Å². The second-order valence-electron chi connectivity index (χ2n) is 8.58. The van der Waals surface area contributed by atoms with Crippen LogP contribution in [0.4, 0.5) is 16.2 Å². The second kappa shape index (κ2) is 7.34. The minimum absolute atomic E-state index is 0.00812. The summed E-state index contributed by atoms with van der Waals surface area (Å²) < 4.78 is 13.4. The van der Waals surface area contributed by atoms with E-state index in [9.17, 15) is 9.18 Å². The van der Waals surface area contributed by atoms with Crippen molar-refractivity contribution in [1.82, 2.24) is 15.0 Å². The van der Waals surface area contributed by atoms with Crippen LogP contribution < -0.4 is 10.6 Å². The number of benzene rings is 1. The van der Waals surface area contributed by atoms with E-state index < -0.39 is 5.82 Å². The number of hydrogen-bond donors (Lipinski definition) is 1. The summed E-state index contributed by atoms with van der Waals surface area (Å²) in [6.07, 6.45) is 4.03. The maximum absolute atomic E-state index is 13.4. The number of rotatable bonds is 3. The van der Waals surface area contributed by atoms with Gasteiger partial charge in [0, 0.05) is 32.1 Å². The fourth-order valence-corrected chi connectivity index (χ4v) is 5.26. The van der Waals surface area contributed by atoms with Crippen LogP contribution in [0.15, 0.2) is 41.6 Å². The molecule has 8 heteroatoms. The molecule has 1 amide bonds. The molecule has 2 aliphatic heterocycles. The highest BCUT2D eigenvalue weighted by molar-refractivity contribution is 5.91. The number of hydrazone groups is 1. The number of nitrogens with zero attached hydrogens (tertiary/aromatic N) is 5. The van der Waals surface area contributed by atoms with Crippen molar-refractivity contribution in [3.63, 3.8) is 0 Å². The standard InChI is InChI=1S/C22H25FN6O/c1-13(30)29-20(14-5-3-2-4-6-14)9-19(27-29)15-7-16-11-28(12-17(16)8-15)22-25-10-18(23)21(24)26-22/h2-6,10,15-17,20H,7-9,11-12H2,1H3,(H2,24,25,26)/t15?,16-,17+,20-/m1/s1. The minimum Gasteiger partial charge on any atom is -0.381 e. The molecule has 2 aromatic rings. The van der Waals surface area contributed by atoms with E-state index in [1.54, 1.807) is 11.9 Å². The van der Waals surface area contributed by atoms with Crippen LogP contribution in [0.1, 0.15) is 37.8 Å². The maximum Gasteiger partial charge on any atom is 0.240 e. The number of halogens is 1. The van der Waals surface area contributed by atoms with Crippen molar-refractivity contribution in [3.05, 3.63) is 47.9 Å². The Hall–Kier alpha value is -3.03. The van der Waals surface area contributed by atoms with Crippen LogP contribution in [0, 0.1) is 23.6 Å². The van der Waals surface area contributed by atoms with Crippen LogP contribution in [-0.2, 0) is 4.79 Å². The zero-order valence-corrected chi connectivity index (χ0v) is 16.9. The van der Waals surface area contributed by atoms with Crippen molar-refractivity contribution in [1.29, 1.82) is 0 Å². The summed E-state index contributed by atoms with van der Waals surface area (Å²) in [4.78, 5) is 22.5. The minimum atomic E-state index is -0.583. The van der Waals surface area contributed by atoms with E-state index in [2.05, 4.69) is 27.0 Å². The van der Waals surface area contributed by atoms with E-state index in [-0.39, 0.29) is 17.8 Å². The lowest BCUT2D eigenvalue weighted by molar-refractivity contribution is -0.130. The molecule has 1 saturated heterocycles. The van der Waals surface area contributed by atoms with E-state index >= 15 is 0 Å². The zero-order valence-electron chi connectivity index (χ0n) is 16.9. The molecule has 1 aromatic carbocycles. The number of aromatic nitrogens is 2. The average Bonchev–Trinajstić information content (AvgIpc) is 3.43. The Balaban J connectivity index is 1.28. The van der Waals surface area contributed by atoms with Crippen LogP contribution in [0.5, 0.6) is 0 Å². The van der Waals surface area contributed by atoms with Gasteiger partial charge in [-0.25, -0.2) is 14.4 Å². The number of fused-ring (bicyclic) bond motifs is 1. The number of carbonyl (C=O) groups excluding carboxylic acids is 1. The molecule has 5 rings (SSSR count). The van der Waals surface area contributed by atoms with Gasteiger partial charge in [0.2, 0.25) is 11.9 Å². The van der Waals surface area contributed by atoms with Crippen molar-refractivity contribution in [3.8, 4) is 0 Å². The van der Waals surface area contributed by atoms with Gasteiger partial charge in [0.25, 0.3) is 0 Å². The van der Waals surface area contributed by atoms with Gasteiger partial charge in [-0.2, -0.15) is 10.1 Å². The normalized spacial score (nSPS) is 28.0. The van der Waals surface area contributed by atoms with Crippen molar-refractivity contribution in [2.45, 2.75) is 32.2 Å². The SMILES string of the molecule is CC(=O)N1N=C(C2C[C@@H]3CN(c4ncc(F)c(N)n4)C[C@@H]3C2)C[C@@H]1c1ccccc1. The van der Waals surface area contributed by atoms with Crippen LogP contribution in [0.3, 0.4) is 0 Å². The van der Waals surface area contributed by atoms with E-state index in [0.717, 1.165) is 49.8 Å². The van der Waals surface area contributed by atoms with Crippen LogP contribution >= 0.6 is 0 Å². The van der Waals surface area contributed by atoms with Crippen molar-refractivity contribution >= 4 is 23.4 Å². The molecule has 3 aliphatic rings. The molecule has 7 nitrogen and oxygen atoms in total. The van der Waals surface area contributed by atoms with Gasteiger partial charge in [0.1, 0.15) is 0 Å². The van der Waals surface area contributed by atoms with Crippen molar-refractivity contribution in [2.24, 2.45) is 22.9 Å². The van der Waals surface area contributed by atoms with Gasteiger partial charge in [-0.1, -0.05) is 30.3 Å². The van der Waals surface area contributed by atoms with E-state index in [1.807, 2.05) is 18.2 Å². The quantitative estimate of drug-likeness (QED) is 0.844. The zero-order chi connectivity index (χ0) is 20.8. The molecule has 1 aliphatic carbocycles. The summed E-state index contributed by atoms with van der Waals surface area (Å²) in [5.41, 5.74) is 7.87. The molecular weight excluding hydrogens is 383 g/mol. The molecule has 0 radical (unpaired) electrons. The smallest absolute Gasteiger partial charge is 0.240 e. The highest BCUT2D eigenvalue weighted by atomic mass is 19.1. The largest absolute Gasteiger partial charge is 0.381 e. The highest BCUT2D eigenvalue weighted by Gasteiger charge is 2.45. The van der Waals surface area contributed by atoms with Crippen molar-refractivity contribution < 1.29 is 9.18 Å². The summed E-state index contributed by atoms with van der Waals surface area (Å²) >= 11 is 0. The topological polar surface area (TPSA) is 87.7 Å². The maximum atomic E-state index is 13.4. The number of amides is 1. The first kappa shape index (κ1) is 19.0. The van der Waals surface area contributed by atoms with E-state index in [1.165, 1.54) is 0 Å². The molecule has 0 bridgehead atoms. The lowest BCUT2D eigenvalue weighted by Crippen LogP contribution is -2.25. The molecule has 2 fully saturated rings. The third-order valence-corrected chi connectivity index (χ3v) is 6.70. The number of hydrogen-bond acceptors (Lipinski definition) is 6. The first-order valence-electron chi connectivity index (χ1n) is 10.4. The lowest BCUT2D eigenvalue weighted by atomic mass is 9.92. The van der Waals surface area contributed by atoms with Gasteiger partial charge in [-0.3, -0.25) is 4.79 Å². The van der Waals surface area contributed by atoms with Crippen LogP contribution in [-0.4, -0.2) is 39.7 Å². The first-order valence-corrected chi connectivity index (χ1v) is 10.4. The summed E-state index contributed by atoms with van der Waals surface area (Å²) in [6.45, 7) is 3.27. The summed E-state index contributed by atoms with van der Waals surface area (Å²) in [7, 11) is 0. The Kier molecular flexibility index (Phi) is 4.64. The third kappa shape index (κ3) is 3.30. The molecule has 30 heavy (non-hydrogen) atoms. The van der Waals surface area contributed by atoms with E-state index in [0.29, 0.717) is 23.7 Å². The van der Waals surface area contributed by atoms with Gasteiger partial charge in [0.05, 0.1) is 12.2 Å². The Morgan fingerprint density at radius 3 is 2.50 bits per heavy atom. The predicted molar refractivity (Wildman–Crippen MR) is 112 cm³/mol. The summed E-state index contributed by atoms with van der Waals surface area (Å²) in [5, 5.41) is 6.41. The monoisotopic (exact) mass is 408 g/mol. The molecule has 3 heterocycles. The number of nitrogens with two attached hydrogens (primary N) is 1. The first-order chi connectivity index (χ1) is 14.5.